The molecule has 0 aliphatic carbocycles. The molecule has 0 saturated carbocycles. The van der Waals surface area contributed by atoms with Crippen molar-refractivity contribution < 1.29 is 14.4 Å². The number of nitrogens with zero attached hydrogens (tertiary/aromatic N) is 4. The molecule has 2 aliphatic rings. The van der Waals surface area contributed by atoms with Crippen LogP contribution in [0.2, 0.25) is 0 Å². The van der Waals surface area contributed by atoms with E-state index >= 15 is 0 Å². The average molecular weight is 396 g/mol. The SMILES string of the molecule is CC(C)CN1C(=O)NC(=O)C12CCN(C(=O)c1cc(-c3ccccn3)n[nH]1)CC2. The minimum absolute atomic E-state index is 0.172. The number of pyridine rings is 1. The first-order chi connectivity index (χ1) is 13.9. The fourth-order valence-corrected chi connectivity index (χ4v) is 4.04. The highest BCUT2D eigenvalue weighted by Crippen LogP contribution is 2.34. The molecule has 29 heavy (non-hydrogen) atoms. The summed E-state index contributed by atoms with van der Waals surface area (Å²) in [7, 11) is 0. The molecular formula is C20H24N6O3. The number of urea groups is 1. The highest BCUT2D eigenvalue weighted by molar-refractivity contribution is 6.07. The van der Waals surface area contributed by atoms with Gasteiger partial charge in [0.25, 0.3) is 11.8 Å². The van der Waals surface area contributed by atoms with Crippen molar-refractivity contribution in [3.05, 3.63) is 36.2 Å². The van der Waals surface area contributed by atoms with E-state index in [1.165, 1.54) is 0 Å². The van der Waals surface area contributed by atoms with Gasteiger partial charge in [-0.3, -0.25) is 25.0 Å². The molecule has 2 fully saturated rings. The molecule has 1 spiro atoms. The van der Waals surface area contributed by atoms with Crippen LogP contribution in [-0.2, 0) is 4.79 Å². The van der Waals surface area contributed by atoms with E-state index in [0.717, 1.165) is 0 Å². The van der Waals surface area contributed by atoms with Gasteiger partial charge in [0.15, 0.2) is 0 Å². The zero-order valence-electron chi connectivity index (χ0n) is 16.5. The van der Waals surface area contributed by atoms with Gasteiger partial charge < -0.3 is 9.80 Å². The van der Waals surface area contributed by atoms with E-state index in [1.807, 2.05) is 32.0 Å². The molecule has 2 aliphatic heterocycles. The van der Waals surface area contributed by atoms with E-state index in [-0.39, 0.29) is 23.8 Å². The Kier molecular flexibility index (Phi) is 4.81. The molecule has 9 nitrogen and oxygen atoms in total. The molecule has 0 aromatic carbocycles. The lowest BCUT2D eigenvalue weighted by molar-refractivity contribution is -0.129. The summed E-state index contributed by atoms with van der Waals surface area (Å²) in [6.07, 6.45) is 2.51. The smallest absolute Gasteiger partial charge is 0.325 e. The third-order valence-electron chi connectivity index (χ3n) is 5.57. The van der Waals surface area contributed by atoms with Crippen molar-refractivity contribution in [3.8, 4) is 11.4 Å². The number of hydrogen-bond acceptors (Lipinski definition) is 5. The number of carbonyl (C=O) groups excluding carboxylic acids is 3. The van der Waals surface area contributed by atoms with Crippen molar-refractivity contribution in [2.45, 2.75) is 32.2 Å². The van der Waals surface area contributed by atoms with Crippen molar-refractivity contribution in [3.63, 3.8) is 0 Å². The number of aromatic nitrogens is 3. The highest BCUT2D eigenvalue weighted by atomic mass is 16.2. The maximum atomic E-state index is 12.9. The molecular weight excluding hydrogens is 372 g/mol. The number of carbonyl (C=O) groups is 3. The Morgan fingerprint density at radius 1 is 1.21 bits per heavy atom. The predicted molar refractivity (Wildman–Crippen MR) is 105 cm³/mol. The van der Waals surface area contributed by atoms with Crippen molar-refractivity contribution in [1.29, 1.82) is 0 Å². The number of piperidine rings is 1. The second kappa shape index (κ2) is 7.31. The summed E-state index contributed by atoms with van der Waals surface area (Å²) in [5.41, 5.74) is 0.815. The molecule has 152 valence electrons. The van der Waals surface area contributed by atoms with E-state index in [4.69, 9.17) is 0 Å². The van der Waals surface area contributed by atoms with Crippen molar-refractivity contribution >= 4 is 17.8 Å². The van der Waals surface area contributed by atoms with E-state index in [9.17, 15) is 14.4 Å². The Morgan fingerprint density at radius 2 is 1.97 bits per heavy atom. The molecule has 0 unspecified atom stereocenters. The van der Waals surface area contributed by atoms with E-state index < -0.39 is 5.54 Å². The average Bonchev–Trinajstić information content (AvgIpc) is 3.29. The minimum atomic E-state index is -0.856. The molecule has 9 heteroatoms. The van der Waals surface area contributed by atoms with Crippen LogP contribution in [0, 0.1) is 5.92 Å². The van der Waals surface area contributed by atoms with Crippen molar-refractivity contribution in [1.82, 2.24) is 30.3 Å². The maximum absolute atomic E-state index is 12.9. The van der Waals surface area contributed by atoms with Crippen LogP contribution in [0.5, 0.6) is 0 Å². The zero-order valence-corrected chi connectivity index (χ0v) is 16.5. The van der Waals surface area contributed by atoms with Crippen LogP contribution in [0.4, 0.5) is 4.79 Å². The van der Waals surface area contributed by atoms with Crippen molar-refractivity contribution in [2.75, 3.05) is 19.6 Å². The molecule has 2 N–H and O–H groups in total. The van der Waals surface area contributed by atoms with Crippen LogP contribution >= 0.6 is 0 Å². The number of likely N-dealkylation sites (tertiary alicyclic amines) is 1. The summed E-state index contributed by atoms with van der Waals surface area (Å²) in [6.45, 7) is 5.33. The van der Waals surface area contributed by atoms with Gasteiger partial charge in [0.05, 0.1) is 5.69 Å². The predicted octanol–water partition coefficient (Wildman–Crippen LogP) is 1.65. The number of H-pyrrole nitrogens is 1. The van der Waals surface area contributed by atoms with Crippen LogP contribution in [0.3, 0.4) is 0 Å². The summed E-state index contributed by atoms with van der Waals surface area (Å²) in [5, 5.41) is 9.43. The summed E-state index contributed by atoms with van der Waals surface area (Å²) in [5.74, 6) is -0.179. The standard InChI is InChI=1S/C20H24N6O3/c1-13(2)12-26-19(29)22-18(28)20(26)6-9-25(10-7-20)17(27)16-11-15(23-24-16)14-5-3-4-8-21-14/h3-5,8,11,13H,6-7,9-10,12H2,1-2H3,(H,23,24)(H,22,28,29). The second-order valence-electron chi connectivity index (χ2n) is 7.97. The van der Waals surface area contributed by atoms with Crippen LogP contribution in [0.15, 0.2) is 30.5 Å². The van der Waals surface area contributed by atoms with Gasteiger partial charge >= 0.3 is 6.03 Å². The van der Waals surface area contributed by atoms with Crippen molar-refractivity contribution in [2.24, 2.45) is 5.92 Å². The van der Waals surface area contributed by atoms with Gasteiger partial charge in [-0.15, -0.1) is 0 Å². The van der Waals surface area contributed by atoms with Gasteiger partial charge in [-0.1, -0.05) is 19.9 Å². The largest absolute Gasteiger partial charge is 0.337 e. The molecule has 0 radical (unpaired) electrons. The topological polar surface area (TPSA) is 111 Å². The molecule has 0 atom stereocenters. The molecule has 4 amide bonds. The zero-order chi connectivity index (χ0) is 20.6. The lowest BCUT2D eigenvalue weighted by atomic mass is 9.85. The Bertz CT molecular complexity index is 931. The minimum Gasteiger partial charge on any atom is -0.337 e. The maximum Gasteiger partial charge on any atom is 0.325 e. The fourth-order valence-electron chi connectivity index (χ4n) is 4.04. The number of aromatic amines is 1. The monoisotopic (exact) mass is 396 g/mol. The summed E-state index contributed by atoms with van der Waals surface area (Å²) in [6, 6.07) is 6.86. The third-order valence-corrected chi connectivity index (χ3v) is 5.57. The lowest BCUT2D eigenvalue weighted by Gasteiger charge is -2.42. The normalized spacial score (nSPS) is 18.6. The van der Waals surface area contributed by atoms with E-state index in [1.54, 1.807) is 22.1 Å². The van der Waals surface area contributed by atoms with Crippen LogP contribution in [-0.4, -0.2) is 68.0 Å². The number of rotatable bonds is 4. The Morgan fingerprint density at radius 3 is 2.62 bits per heavy atom. The fraction of sp³-hybridized carbons (Fsp3) is 0.450. The van der Waals surface area contributed by atoms with Gasteiger partial charge in [-0.05, 0) is 37.0 Å². The summed E-state index contributed by atoms with van der Waals surface area (Å²) < 4.78 is 0. The Labute approximate surface area is 168 Å². The first-order valence-corrected chi connectivity index (χ1v) is 9.80. The first-order valence-electron chi connectivity index (χ1n) is 9.80. The number of amides is 4. The number of imide groups is 1. The van der Waals surface area contributed by atoms with E-state index in [2.05, 4.69) is 20.5 Å². The van der Waals surface area contributed by atoms with Gasteiger partial charge in [-0.25, -0.2) is 4.79 Å². The van der Waals surface area contributed by atoms with Crippen LogP contribution in [0.25, 0.3) is 11.4 Å². The van der Waals surface area contributed by atoms with Gasteiger partial charge in [0.1, 0.15) is 16.9 Å². The molecule has 2 aromatic heterocycles. The Balaban J connectivity index is 1.47. The third kappa shape index (κ3) is 3.37. The Hall–Kier alpha value is -3.23. The van der Waals surface area contributed by atoms with Gasteiger partial charge in [0.2, 0.25) is 0 Å². The second-order valence-corrected chi connectivity index (χ2v) is 7.97. The summed E-state index contributed by atoms with van der Waals surface area (Å²) in [4.78, 5) is 45.3. The van der Waals surface area contributed by atoms with Gasteiger partial charge in [0, 0.05) is 25.8 Å². The molecule has 2 saturated heterocycles. The number of hydrogen-bond donors (Lipinski definition) is 2. The van der Waals surface area contributed by atoms with Crippen LogP contribution < -0.4 is 5.32 Å². The summed E-state index contributed by atoms with van der Waals surface area (Å²) >= 11 is 0. The first kappa shape index (κ1) is 19.1. The van der Waals surface area contributed by atoms with Gasteiger partial charge in [-0.2, -0.15) is 5.10 Å². The number of nitrogens with one attached hydrogen (secondary N) is 2. The highest BCUT2D eigenvalue weighted by Gasteiger charge is 2.54. The molecule has 0 bridgehead atoms. The molecule has 4 heterocycles. The van der Waals surface area contributed by atoms with Crippen LogP contribution in [0.1, 0.15) is 37.2 Å². The lowest BCUT2D eigenvalue weighted by Crippen LogP contribution is -2.58. The quantitative estimate of drug-likeness (QED) is 0.764. The molecule has 2 aromatic rings. The molecule has 4 rings (SSSR count). The van der Waals surface area contributed by atoms with E-state index in [0.29, 0.717) is 49.6 Å².